The predicted molar refractivity (Wildman–Crippen MR) is 119 cm³/mol. The van der Waals surface area contributed by atoms with Crippen LogP contribution in [0.1, 0.15) is 5.56 Å². The van der Waals surface area contributed by atoms with Crippen molar-refractivity contribution in [3.05, 3.63) is 82.8 Å². The molecule has 3 aromatic carbocycles. The van der Waals surface area contributed by atoms with Crippen LogP contribution in [0.5, 0.6) is 11.5 Å². The Bertz CT molecular complexity index is 1690. The summed E-state index contributed by atoms with van der Waals surface area (Å²) in [5, 5.41) is 25.1. The smallest absolute Gasteiger partial charge is 0.262 e. The molecule has 0 spiro atoms. The van der Waals surface area contributed by atoms with Crippen molar-refractivity contribution in [2.45, 2.75) is 6.92 Å². The molecule has 5 nitrogen and oxygen atoms in total. The maximum atomic E-state index is 13.0. The van der Waals surface area contributed by atoms with E-state index in [1.165, 1.54) is 0 Å². The molecule has 3 heterocycles. The second kappa shape index (κ2) is 5.70. The second-order valence-corrected chi connectivity index (χ2v) is 7.55. The van der Waals surface area contributed by atoms with Gasteiger partial charge in [0.05, 0.1) is 27.5 Å². The van der Waals surface area contributed by atoms with Gasteiger partial charge in [-0.2, -0.15) is 0 Å². The number of fused-ring (bicyclic) bond motifs is 4. The summed E-state index contributed by atoms with van der Waals surface area (Å²) in [6.07, 6.45) is 1.71. The average molecular weight is 392 g/mol. The molecule has 0 saturated carbocycles. The highest BCUT2D eigenvalue weighted by molar-refractivity contribution is 6.19. The predicted octanol–water partition coefficient (Wildman–Crippen LogP) is 4.98. The summed E-state index contributed by atoms with van der Waals surface area (Å²) in [5.74, 6) is -0.231. The van der Waals surface area contributed by atoms with Gasteiger partial charge in [0.1, 0.15) is 11.5 Å². The van der Waals surface area contributed by atoms with Crippen LogP contribution in [-0.2, 0) is 0 Å². The first-order valence-corrected chi connectivity index (χ1v) is 9.66. The molecule has 0 amide bonds. The van der Waals surface area contributed by atoms with Gasteiger partial charge in [-0.25, -0.2) is 0 Å². The summed E-state index contributed by atoms with van der Waals surface area (Å²) in [6.45, 7) is 1.58. The summed E-state index contributed by atoms with van der Waals surface area (Å²) in [4.78, 5) is 17.4. The zero-order valence-electron chi connectivity index (χ0n) is 16.0. The highest BCUT2D eigenvalue weighted by atomic mass is 16.3. The summed E-state index contributed by atoms with van der Waals surface area (Å²) in [5.41, 5.74) is 3.43. The first-order chi connectivity index (χ1) is 14.6. The van der Waals surface area contributed by atoms with E-state index >= 15 is 0 Å². The van der Waals surface area contributed by atoms with Crippen molar-refractivity contribution in [3.63, 3.8) is 0 Å². The molecule has 3 aromatic heterocycles. The van der Waals surface area contributed by atoms with Gasteiger partial charge < -0.3 is 10.2 Å². The molecule has 6 rings (SSSR count). The standard InChI is InChI=1S/C25H16N2O3/c1-13-23(28)21-22-17(16-7-3-5-9-20(16)27(22)25(13)30)12-18(24(21)29)14-10-11-26-19-8-4-2-6-15(14)19/h2-12,28-29H,1H3. The average Bonchev–Trinajstić information content (AvgIpc) is 3.10. The number of benzene rings is 3. The molecule has 2 N–H and O–H groups in total. The van der Waals surface area contributed by atoms with Gasteiger partial charge in [-0.15, -0.1) is 0 Å². The van der Waals surface area contributed by atoms with Crippen molar-refractivity contribution in [3.8, 4) is 22.6 Å². The quantitative estimate of drug-likeness (QED) is 0.414. The summed E-state index contributed by atoms with van der Waals surface area (Å²) in [7, 11) is 0. The highest BCUT2D eigenvalue weighted by Gasteiger charge is 2.24. The van der Waals surface area contributed by atoms with Crippen molar-refractivity contribution in [1.29, 1.82) is 0 Å². The Morgan fingerprint density at radius 3 is 2.40 bits per heavy atom. The molecule has 0 aliphatic heterocycles. The third-order valence-electron chi connectivity index (χ3n) is 5.99. The van der Waals surface area contributed by atoms with Gasteiger partial charge in [-0.1, -0.05) is 36.4 Å². The van der Waals surface area contributed by atoms with Gasteiger partial charge in [0.25, 0.3) is 5.56 Å². The van der Waals surface area contributed by atoms with Crippen LogP contribution in [0, 0.1) is 6.92 Å². The van der Waals surface area contributed by atoms with E-state index in [4.69, 9.17) is 0 Å². The van der Waals surface area contributed by atoms with Crippen LogP contribution in [0.3, 0.4) is 0 Å². The summed E-state index contributed by atoms with van der Waals surface area (Å²) < 4.78 is 1.59. The lowest BCUT2D eigenvalue weighted by molar-refractivity contribution is 0.461. The molecule has 144 valence electrons. The monoisotopic (exact) mass is 392 g/mol. The number of para-hydroxylation sites is 2. The summed E-state index contributed by atoms with van der Waals surface area (Å²) >= 11 is 0. The van der Waals surface area contributed by atoms with Crippen LogP contribution in [0.4, 0.5) is 0 Å². The topological polar surface area (TPSA) is 74.8 Å². The Hall–Kier alpha value is -4.12. The van der Waals surface area contributed by atoms with Crippen LogP contribution in [-0.4, -0.2) is 19.6 Å². The fraction of sp³-hybridized carbons (Fsp3) is 0.0400. The molecule has 0 atom stereocenters. The Morgan fingerprint density at radius 1 is 0.833 bits per heavy atom. The molecule has 0 fully saturated rings. The Kier molecular flexibility index (Phi) is 3.19. The van der Waals surface area contributed by atoms with Crippen LogP contribution in [0.25, 0.3) is 49.2 Å². The molecule has 0 bridgehead atoms. The largest absolute Gasteiger partial charge is 0.507 e. The van der Waals surface area contributed by atoms with Crippen LogP contribution in [0.2, 0.25) is 0 Å². The van der Waals surface area contributed by atoms with E-state index in [9.17, 15) is 15.0 Å². The number of aromatic hydroxyl groups is 2. The normalized spacial score (nSPS) is 11.9. The molecule has 0 saturated heterocycles. The highest BCUT2D eigenvalue weighted by Crippen LogP contribution is 2.46. The molecule has 0 unspecified atom stereocenters. The van der Waals surface area contributed by atoms with Crippen LogP contribution >= 0.6 is 0 Å². The van der Waals surface area contributed by atoms with E-state index < -0.39 is 0 Å². The summed E-state index contributed by atoms with van der Waals surface area (Å²) in [6, 6.07) is 19.1. The number of phenols is 1. The van der Waals surface area contributed by atoms with Gasteiger partial charge in [0, 0.05) is 27.9 Å². The van der Waals surface area contributed by atoms with Gasteiger partial charge in [-0.3, -0.25) is 14.2 Å². The van der Waals surface area contributed by atoms with Crippen LogP contribution < -0.4 is 5.56 Å². The van der Waals surface area contributed by atoms with Crippen molar-refractivity contribution in [2.75, 3.05) is 0 Å². The van der Waals surface area contributed by atoms with Crippen LogP contribution in [0.15, 0.2) is 71.7 Å². The van der Waals surface area contributed by atoms with Gasteiger partial charge in [0.15, 0.2) is 0 Å². The zero-order chi connectivity index (χ0) is 20.6. The number of nitrogens with zero attached hydrogens (tertiary/aromatic N) is 2. The van der Waals surface area contributed by atoms with Gasteiger partial charge in [0.2, 0.25) is 0 Å². The minimum atomic E-state index is -0.285. The molecule has 30 heavy (non-hydrogen) atoms. The molecular formula is C25H16N2O3. The van der Waals surface area contributed by atoms with E-state index in [1.807, 2.05) is 60.7 Å². The molecule has 6 aromatic rings. The van der Waals surface area contributed by atoms with E-state index in [0.717, 1.165) is 32.8 Å². The fourth-order valence-corrected chi connectivity index (χ4v) is 4.54. The number of rotatable bonds is 1. The lowest BCUT2D eigenvalue weighted by Crippen LogP contribution is -2.15. The molecular weight excluding hydrogens is 376 g/mol. The molecule has 5 heteroatoms. The van der Waals surface area contributed by atoms with E-state index in [1.54, 1.807) is 17.5 Å². The number of phenolic OH excluding ortho intramolecular Hbond substituents is 1. The molecule has 0 aliphatic rings. The van der Waals surface area contributed by atoms with E-state index in [0.29, 0.717) is 11.1 Å². The first kappa shape index (κ1) is 16.8. The zero-order valence-corrected chi connectivity index (χ0v) is 16.0. The molecule has 0 radical (unpaired) electrons. The van der Waals surface area contributed by atoms with Crippen molar-refractivity contribution in [2.24, 2.45) is 0 Å². The minimum absolute atomic E-state index is 0.0488. The van der Waals surface area contributed by atoms with Crippen molar-refractivity contribution < 1.29 is 10.2 Å². The maximum Gasteiger partial charge on any atom is 0.262 e. The van der Waals surface area contributed by atoms with Crippen molar-refractivity contribution >= 4 is 38.1 Å². The SMILES string of the molecule is Cc1c(O)c2c(O)c(-c3ccnc4ccccc34)cc3c4ccccc4n(c1=O)c23. The maximum absolute atomic E-state index is 13.0. The second-order valence-electron chi connectivity index (χ2n) is 7.55. The minimum Gasteiger partial charge on any atom is -0.507 e. The number of pyridine rings is 2. The third-order valence-corrected chi connectivity index (χ3v) is 5.99. The van der Waals surface area contributed by atoms with Gasteiger partial charge in [-0.05, 0) is 36.8 Å². The third kappa shape index (κ3) is 1.96. The number of hydrogen-bond acceptors (Lipinski definition) is 4. The number of hydrogen-bond donors (Lipinski definition) is 2. The fourth-order valence-electron chi connectivity index (χ4n) is 4.54. The Balaban J connectivity index is 1.91. The Morgan fingerprint density at radius 2 is 1.57 bits per heavy atom. The van der Waals surface area contributed by atoms with E-state index in [2.05, 4.69) is 4.98 Å². The van der Waals surface area contributed by atoms with Crippen molar-refractivity contribution in [1.82, 2.24) is 9.38 Å². The lowest BCUT2D eigenvalue weighted by Gasteiger charge is -2.13. The van der Waals surface area contributed by atoms with E-state index in [-0.39, 0.29) is 28.0 Å². The first-order valence-electron chi connectivity index (χ1n) is 9.66. The Labute approximate surface area is 170 Å². The number of aromatic nitrogens is 2. The molecule has 0 aliphatic carbocycles. The lowest BCUT2D eigenvalue weighted by atomic mass is 9.95. The van der Waals surface area contributed by atoms with Gasteiger partial charge >= 0.3 is 0 Å².